The Bertz CT molecular complexity index is 484. The van der Waals surface area contributed by atoms with Crippen molar-refractivity contribution in [3.05, 3.63) is 56.4 Å². The summed E-state index contributed by atoms with van der Waals surface area (Å²) in [4.78, 5) is 0. The number of aryl methyl sites for hydroxylation is 1. The van der Waals surface area contributed by atoms with Gasteiger partial charge in [-0.3, -0.25) is 0 Å². The third-order valence-corrected chi connectivity index (χ3v) is 4.10. The maximum absolute atomic E-state index is 13.0. The topological polar surface area (TPSA) is 26.0 Å². The van der Waals surface area contributed by atoms with Crippen LogP contribution in [0.2, 0.25) is 0 Å². The molecule has 0 amide bonds. The third-order valence-electron chi connectivity index (χ3n) is 2.69. The highest BCUT2D eigenvalue weighted by Gasteiger charge is 2.10. The molecule has 1 aromatic carbocycles. The van der Waals surface area contributed by atoms with Crippen LogP contribution in [0.5, 0.6) is 0 Å². The fourth-order valence-corrected chi connectivity index (χ4v) is 3.06. The van der Waals surface area contributed by atoms with Crippen molar-refractivity contribution in [1.29, 1.82) is 0 Å². The highest BCUT2D eigenvalue weighted by molar-refractivity contribution is 9.10. The van der Waals surface area contributed by atoms with Crippen LogP contribution in [0, 0.1) is 5.82 Å². The Morgan fingerprint density at radius 3 is 2.82 bits per heavy atom. The molecule has 1 nitrogen and oxygen atoms in total. The SMILES string of the molecule is NC(CCc1ccsc1)c1ccc(F)cc1Br. The normalized spacial score (nSPS) is 12.6. The van der Waals surface area contributed by atoms with Crippen LogP contribution in [0.4, 0.5) is 4.39 Å². The van der Waals surface area contributed by atoms with E-state index in [0.29, 0.717) is 0 Å². The highest BCUT2D eigenvalue weighted by Crippen LogP contribution is 2.26. The molecule has 0 aliphatic carbocycles. The van der Waals surface area contributed by atoms with Crippen LogP contribution in [0.15, 0.2) is 39.5 Å². The molecule has 90 valence electrons. The molecule has 0 spiro atoms. The lowest BCUT2D eigenvalue weighted by Gasteiger charge is -2.13. The quantitative estimate of drug-likeness (QED) is 0.895. The number of thiophene rings is 1. The van der Waals surface area contributed by atoms with E-state index in [1.54, 1.807) is 17.4 Å². The number of hydrogen-bond donors (Lipinski definition) is 1. The summed E-state index contributed by atoms with van der Waals surface area (Å²) in [5.41, 5.74) is 8.38. The van der Waals surface area contributed by atoms with Crippen molar-refractivity contribution in [3.8, 4) is 0 Å². The predicted octanol–water partition coefficient (Wildman–Crippen LogP) is 4.28. The lowest BCUT2D eigenvalue weighted by molar-refractivity contribution is 0.617. The summed E-state index contributed by atoms with van der Waals surface area (Å²) >= 11 is 5.04. The first-order valence-electron chi connectivity index (χ1n) is 5.38. The fourth-order valence-electron chi connectivity index (χ4n) is 1.71. The van der Waals surface area contributed by atoms with Crippen molar-refractivity contribution < 1.29 is 4.39 Å². The Morgan fingerprint density at radius 2 is 2.18 bits per heavy atom. The van der Waals surface area contributed by atoms with Gasteiger partial charge in [-0.25, -0.2) is 4.39 Å². The Hall–Kier alpha value is -0.710. The number of nitrogens with two attached hydrogens (primary N) is 1. The first kappa shape index (κ1) is 12.7. The standard InChI is InChI=1S/C13H13BrFNS/c14-12-7-10(15)2-3-11(12)13(16)4-1-9-5-6-17-8-9/h2-3,5-8,13H,1,4,16H2. The largest absolute Gasteiger partial charge is 0.324 e. The molecule has 17 heavy (non-hydrogen) atoms. The first-order chi connectivity index (χ1) is 8.16. The van der Waals surface area contributed by atoms with E-state index >= 15 is 0 Å². The fraction of sp³-hybridized carbons (Fsp3) is 0.231. The molecule has 1 aromatic heterocycles. The molecule has 0 saturated carbocycles. The van der Waals surface area contributed by atoms with E-state index in [1.165, 1.54) is 17.7 Å². The average molecular weight is 314 g/mol. The summed E-state index contributed by atoms with van der Waals surface area (Å²) in [6, 6.07) is 6.70. The predicted molar refractivity (Wildman–Crippen MR) is 73.7 cm³/mol. The summed E-state index contributed by atoms with van der Waals surface area (Å²) in [7, 11) is 0. The average Bonchev–Trinajstić information content (AvgIpc) is 2.78. The minimum absolute atomic E-state index is 0.0649. The number of benzene rings is 1. The van der Waals surface area contributed by atoms with Gasteiger partial charge < -0.3 is 5.73 Å². The summed E-state index contributed by atoms with van der Waals surface area (Å²) in [6.07, 6.45) is 1.81. The van der Waals surface area contributed by atoms with Crippen LogP contribution in [-0.4, -0.2) is 0 Å². The maximum Gasteiger partial charge on any atom is 0.124 e. The van der Waals surface area contributed by atoms with Crippen molar-refractivity contribution in [2.24, 2.45) is 5.73 Å². The molecule has 4 heteroatoms. The summed E-state index contributed by atoms with van der Waals surface area (Å²) < 4.78 is 13.7. The first-order valence-corrected chi connectivity index (χ1v) is 7.12. The van der Waals surface area contributed by atoms with Crippen molar-refractivity contribution >= 4 is 27.3 Å². The molecule has 1 unspecified atom stereocenters. The Labute approximate surface area is 113 Å². The van der Waals surface area contributed by atoms with Crippen LogP contribution in [-0.2, 0) is 6.42 Å². The van der Waals surface area contributed by atoms with Gasteiger partial charge in [-0.1, -0.05) is 22.0 Å². The van der Waals surface area contributed by atoms with Crippen molar-refractivity contribution in [2.45, 2.75) is 18.9 Å². The molecule has 2 N–H and O–H groups in total. The zero-order valence-corrected chi connectivity index (χ0v) is 11.6. The molecule has 2 rings (SSSR count). The molecule has 2 aromatic rings. The van der Waals surface area contributed by atoms with E-state index < -0.39 is 0 Å². The van der Waals surface area contributed by atoms with E-state index in [9.17, 15) is 4.39 Å². The lowest BCUT2D eigenvalue weighted by Crippen LogP contribution is -2.12. The van der Waals surface area contributed by atoms with Crippen LogP contribution in [0.25, 0.3) is 0 Å². The van der Waals surface area contributed by atoms with Gasteiger partial charge >= 0.3 is 0 Å². The van der Waals surface area contributed by atoms with E-state index in [-0.39, 0.29) is 11.9 Å². The molecule has 1 atom stereocenters. The van der Waals surface area contributed by atoms with Crippen LogP contribution in [0.1, 0.15) is 23.6 Å². The van der Waals surface area contributed by atoms with Crippen LogP contribution >= 0.6 is 27.3 Å². The van der Waals surface area contributed by atoms with Crippen LogP contribution in [0.3, 0.4) is 0 Å². The Kier molecular flexibility index (Phi) is 4.31. The molecular weight excluding hydrogens is 301 g/mol. The lowest BCUT2D eigenvalue weighted by atomic mass is 10.0. The van der Waals surface area contributed by atoms with Gasteiger partial charge in [-0.15, -0.1) is 0 Å². The van der Waals surface area contributed by atoms with Gasteiger partial charge in [0.1, 0.15) is 5.82 Å². The third kappa shape index (κ3) is 3.37. The summed E-state index contributed by atoms with van der Waals surface area (Å²) in [6.45, 7) is 0. The van der Waals surface area contributed by atoms with Gasteiger partial charge in [0.05, 0.1) is 0 Å². The Morgan fingerprint density at radius 1 is 1.35 bits per heavy atom. The number of rotatable bonds is 4. The van der Waals surface area contributed by atoms with Gasteiger partial charge in [0.15, 0.2) is 0 Å². The second-order valence-electron chi connectivity index (χ2n) is 3.94. The smallest absolute Gasteiger partial charge is 0.124 e. The minimum atomic E-state index is -0.245. The van der Waals surface area contributed by atoms with E-state index in [4.69, 9.17) is 5.73 Å². The minimum Gasteiger partial charge on any atom is -0.324 e. The molecular formula is C13H13BrFNS. The molecule has 0 radical (unpaired) electrons. The second kappa shape index (κ2) is 5.76. The van der Waals surface area contributed by atoms with Gasteiger partial charge in [-0.2, -0.15) is 11.3 Å². The molecule has 0 fully saturated rings. The molecule has 0 aliphatic heterocycles. The van der Waals surface area contributed by atoms with Gasteiger partial charge in [0.25, 0.3) is 0 Å². The monoisotopic (exact) mass is 313 g/mol. The van der Waals surface area contributed by atoms with Gasteiger partial charge in [-0.05, 0) is 52.9 Å². The molecule has 0 bridgehead atoms. The van der Waals surface area contributed by atoms with Gasteiger partial charge in [0.2, 0.25) is 0 Å². The zero-order valence-electron chi connectivity index (χ0n) is 9.20. The molecule has 1 heterocycles. The second-order valence-corrected chi connectivity index (χ2v) is 5.58. The maximum atomic E-state index is 13.0. The number of hydrogen-bond acceptors (Lipinski definition) is 2. The number of halogens is 2. The van der Waals surface area contributed by atoms with E-state index in [1.807, 2.05) is 0 Å². The van der Waals surface area contributed by atoms with Gasteiger partial charge in [0, 0.05) is 10.5 Å². The van der Waals surface area contributed by atoms with E-state index in [2.05, 4.69) is 32.8 Å². The molecule has 0 saturated heterocycles. The van der Waals surface area contributed by atoms with Crippen molar-refractivity contribution in [3.63, 3.8) is 0 Å². The summed E-state index contributed by atoms with van der Waals surface area (Å²) in [5, 5.41) is 4.20. The molecule has 0 aliphatic rings. The Balaban J connectivity index is 2.01. The van der Waals surface area contributed by atoms with E-state index in [0.717, 1.165) is 22.9 Å². The van der Waals surface area contributed by atoms with Crippen molar-refractivity contribution in [1.82, 2.24) is 0 Å². The highest BCUT2D eigenvalue weighted by atomic mass is 79.9. The van der Waals surface area contributed by atoms with Crippen molar-refractivity contribution in [2.75, 3.05) is 0 Å². The zero-order chi connectivity index (χ0) is 12.3. The summed E-state index contributed by atoms with van der Waals surface area (Å²) in [5.74, 6) is -0.245. The van der Waals surface area contributed by atoms with Crippen LogP contribution < -0.4 is 5.73 Å².